The fourth-order valence-corrected chi connectivity index (χ4v) is 2.96. The molecule has 0 atom stereocenters. The predicted octanol–water partition coefficient (Wildman–Crippen LogP) is 4.75. The van der Waals surface area contributed by atoms with Gasteiger partial charge in [0, 0.05) is 0 Å². The minimum atomic E-state index is -0.320. The number of hydrogen-bond acceptors (Lipinski definition) is 5. The molecule has 0 aromatic heterocycles. The molecular formula is C16H10F2N2OS3. The number of nitrogens with zero attached hydrogens (tertiary/aromatic N) is 2. The highest BCUT2D eigenvalue weighted by Gasteiger charge is 2.27. The van der Waals surface area contributed by atoms with Gasteiger partial charge in [0.05, 0.1) is 22.3 Å². The Labute approximate surface area is 152 Å². The zero-order valence-corrected chi connectivity index (χ0v) is 14.6. The monoisotopic (exact) mass is 380 g/mol. The van der Waals surface area contributed by atoms with Crippen LogP contribution in [0.5, 0.6) is 0 Å². The molecule has 1 saturated heterocycles. The minimum absolute atomic E-state index is 0.0494. The zero-order chi connectivity index (χ0) is 17.5. The molecular weight excluding hydrogens is 370 g/mol. The van der Waals surface area contributed by atoms with E-state index in [1.165, 1.54) is 53.1 Å². The van der Waals surface area contributed by atoms with Crippen LogP contribution in [0.15, 0.2) is 53.5 Å². The second-order valence-electron chi connectivity index (χ2n) is 4.44. The smallest absolute Gasteiger partial charge is 0.243 e. The van der Waals surface area contributed by atoms with Crippen molar-refractivity contribution in [2.24, 2.45) is 4.99 Å². The molecule has 8 heteroatoms. The number of aliphatic imine (C=N–C) groups is 1. The minimum Gasteiger partial charge on any atom is -0.273 e. The van der Waals surface area contributed by atoms with E-state index in [0.717, 1.165) is 0 Å². The van der Waals surface area contributed by atoms with Crippen molar-refractivity contribution in [1.82, 2.24) is 0 Å². The number of thioether (sulfide) groups is 1. The van der Waals surface area contributed by atoms with Gasteiger partial charge in [0.15, 0.2) is 0 Å². The molecule has 0 spiro atoms. The van der Waals surface area contributed by atoms with E-state index in [4.69, 9.17) is 12.2 Å². The molecule has 0 N–H and O–H groups in total. The molecule has 122 valence electrons. The van der Waals surface area contributed by atoms with E-state index in [-0.39, 0.29) is 17.5 Å². The van der Waals surface area contributed by atoms with Crippen molar-refractivity contribution < 1.29 is 13.6 Å². The van der Waals surface area contributed by atoms with Gasteiger partial charge in [0.1, 0.15) is 16.0 Å². The molecule has 0 radical (unpaired) electrons. The summed E-state index contributed by atoms with van der Waals surface area (Å²) in [5.74, 6) is -0.273. The third kappa shape index (κ3) is 5.01. The van der Waals surface area contributed by atoms with Crippen LogP contribution >= 0.6 is 36.2 Å². The van der Waals surface area contributed by atoms with Gasteiger partial charge in [-0.1, -0.05) is 24.0 Å². The molecule has 2 aromatic rings. The van der Waals surface area contributed by atoms with Crippen molar-refractivity contribution in [2.45, 2.75) is 0 Å². The van der Waals surface area contributed by atoms with Crippen molar-refractivity contribution >= 4 is 63.0 Å². The highest BCUT2D eigenvalue weighted by Crippen LogP contribution is 2.26. The predicted molar refractivity (Wildman–Crippen MR) is 100 cm³/mol. The molecule has 1 aliphatic heterocycles. The maximum absolute atomic E-state index is 12.6. The van der Waals surface area contributed by atoms with E-state index in [1.54, 1.807) is 12.1 Å². The van der Waals surface area contributed by atoms with Crippen LogP contribution in [0.1, 0.15) is 0 Å². The Kier molecular flexibility index (Phi) is 6.69. The maximum Gasteiger partial charge on any atom is 0.243 e. The molecule has 24 heavy (non-hydrogen) atoms. The van der Waals surface area contributed by atoms with Crippen LogP contribution in [0.4, 0.5) is 20.2 Å². The molecule has 0 saturated carbocycles. The van der Waals surface area contributed by atoms with Crippen LogP contribution in [0, 0.1) is 11.6 Å². The number of amides is 1. The summed E-state index contributed by atoms with van der Waals surface area (Å²) in [5, 5.41) is 2.19. The van der Waals surface area contributed by atoms with E-state index < -0.39 is 0 Å². The lowest BCUT2D eigenvalue weighted by molar-refractivity contribution is -0.115. The summed E-state index contributed by atoms with van der Waals surface area (Å²) in [5.41, 5.74) is 1.25. The summed E-state index contributed by atoms with van der Waals surface area (Å²) >= 11 is 10.7. The first-order valence-corrected chi connectivity index (χ1v) is 8.40. The lowest BCUT2D eigenvalue weighted by atomic mass is 10.3. The number of thiocarbonyl (C=S) groups is 2. The average molecular weight is 380 g/mol. The molecule has 3 rings (SSSR count). The first kappa shape index (κ1) is 18.4. The first-order valence-electron chi connectivity index (χ1n) is 6.60. The largest absolute Gasteiger partial charge is 0.273 e. The van der Waals surface area contributed by atoms with E-state index in [0.29, 0.717) is 21.4 Å². The Morgan fingerprint density at radius 1 is 1.04 bits per heavy atom. The van der Waals surface area contributed by atoms with Gasteiger partial charge < -0.3 is 0 Å². The average Bonchev–Trinajstić information content (AvgIpc) is 2.90. The van der Waals surface area contributed by atoms with Gasteiger partial charge in [-0.25, -0.2) is 8.78 Å². The molecule has 1 fully saturated rings. The summed E-state index contributed by atoms with van der Waals surface area (Å²) < 4.78 is 25.4. The Balaban J connectivity index is 0.000000185. The van der Waals surface area contributed by atoms with Crippen molar-refractivity contribution in [2.75, 3.05) is 10.7 Å². The SMILES string of the molecule is Fc1ccc(N=C=S)cc1.O=C1CSC(=S)N1c1ccc(F)cc1. The summed E-state index contributed by atoms with van der Waals surface area (Å²) in [6.45, 7) is 0. The van der Waals surface area contributed by atoms with Crippen molar-refractivity contribution in [1.29, 1.82) is 0 Å². The van der Waals surface area contributed by atoms with Crippen LogP contribution in [0.25, 0.3) is 0 Å². The molecule has 0 aliphatic carbocycles. The number of anilines is 1. The highest BCUT2D eigenvalue weighted by atomic mass is 32.2. The van der Waals surface area contributed by atoms with Crippen LogP contribution in [0.2, 0.25) is 0 Å². The fourth-order valence-electron chi connectivity index (χ4n) is 1.76. The molecule has 1 heterocycles. The third-order valence-corrected chi connectivity index (χ3v) is 4.29. The number of isothiocyanates is 1. The second-order valence-corrected chi connectivity index (χ2v) is 6.23. The van der Waals surface area contributed by atoms with E-state index in [9.17, 15) is 13.6 Å². The molecule has 1 aliphatic rings. The number of rotatable bonds is 2. The zero-order valence-electron chi connectivity index (χ0n) is 12.1. The highest BCUT2D eigenvalue weighted by molar-refractivity contribution is 8.24. The van der Waals surface area contributed by atoms with Gasteiger partial charge in [0.2, 0.25) is 5.91 Å². The number of halogens is 2. The molecule has 0 bridgehead atoms. The first-order chi connectivity index (χ1) is 11.5. The Morgan fingerprint density at radius 3 is 2.04 bits per heavy atom. The van der Waals surface area contributed by atoms with Gasteiger partial charge >= 0.3 is 0 Å². The number of carbonyl (C=O) groups is 1. The van der Waals surface area contributed by atoms with E-state index >= 15 is 0 Å². The lowest BCUT2D eigenvalue weighted by Crippen LogP contribution is -2.27. The van der Waals surface area contributed by atoms with Gasteiger partial charge in [-0.05, 0) is 60.7 Å². The van der Waals surface area contributed by atoms with Crippen LogP contribution in [-0.2, 0) is 4.79 Å². The standard InChI is InChI=1S/C9H6FNOS2.C7H4FNS/c10-6-1-3-7(4-2-6)11-8(12)5-14-9(11)13;8-6-1-3-7(4-2-6)9-5-10/h1-4H,5H2;1-4H. The van der Waals surface area contributed by atoms with Gasteiger partial charge in [-0.15, -0.1) is 0 Å². The van der Waals surface area contributed by atoms with Crippen molar-refractivity contribution in [3.63, 3.8) is 0 Å². The lowest BCUT2D eigenvalue weighted by Gasteiger charge is -2.14. The molecule has 0 unspecified atom stereocenters. The molecule has 2 aromatic carbocycles. The van der Waals surface area contributed by atoms with Gasteiger partial charge in [0.25, 0.3) is 0 Å². The number of benzene rings is 2. The number of hydrogen-bond donors (Lipinski definition) is 0. The Morgan fingerprint density at radius 2 is 1.58 bits per heavy atom. The summed E-state index contributed by atoms with van der Waals surface area (Å²) in [7, 11) is 0. The van der Waals surface area contributed by atoms with Crippen LogP contribution < -0.4 is 4.90 Å². The van der Waals surface area contributed by atoms with Crippen molar-refractivity contribution in [3.8, 4) is 0 Å². The maximum atomic E-state index is 12.6. The summed E-state index contributed by atoms with van der Waals surface area (Å²) in [6.07, 6.45) is 0. The molecule has 3 nitrogen and oxygen atoms in total. The van der Waals surface area contributed by atoms with Crippen LogP contribution in [-0.4, -0.2) is 21.1 Å². The van der Waals surface area contributed by atoms with Crippen molar-refractivity contribution in [3.05, 3.63) is 60.2 Å². The second kappa shape index (κ2) is 8.75. The number of carbonyl (C=O) groups excluding carboxylic acids is 1. The Hall–Kier alpha value is -1.99. The summed E-state index contributed by atoms with van der Waals surface area (Å²) in [6, 6.07) is 11.4. The van der Waals surface area contributed by atoms with E-state index in [1.807, 2.05) is 0 Å². The quantitative estimate of drug-likeness (QED) is 0.556. The van der Waals surface area contributed by atoms with Gasteiger partial charge in [-0.2, -0.15) is 4.99 Å². The Bertz CT molecular complexity index is 772. The normalized spacial score (nSPS) is 13.2. The fraction of sp³-hybridized carbons (Fsp3) is 0.0625. The summed E-state index contributed by atoms with van der Waals surface area (Å²) in [4.78, 5) is 16.5. The third-order valence-electron chi connectivity index (χ3n) is 2.84. The topological polar surface area (TPSA) is 32.7 Å². The van der Waals surface area contributed by atoms with Crippen LogP contribution in [0.3, 0.4) is 0 Å². The van der Waals surface area contributed by atoms with E-state index in [2.05, 4.69) is 22.4 Å². The molecule has 1 amide bonds. The van der Waals surface area contributed by atoms with Gasteiger partial charge in [-0.3, -0.25) is 9.69 Å².